The van der Waals surface area contributed by atoms with E-state index in [1.54, 1.807) is 54.6 Å². The number of benzene rings is 3. The van der Waals surface area contributed by atoms with Gasteiger partial charge in [-0.05, 0) is 85.8 Å². The van der Waals surface area contributed by atoms with Gasteiger partial charge in [0.1, 0.15) is 17.2 Å². The van der Waals surface area contributed by atoms with Crippen LogP contribution in [-0.2, 0) is 9.59 Å². The monoisotopic (exact) mass is 545 g/mol. The molecule has 2 amide bonds. The third kappa shape index (κ3) is 7.06. The van der Waals surface area contributed by atoms with Gasteiger partial charge in [-0.2, -0.15) is 0 Å². The standard InChI is InChI=1S/C31H32ClN3O4/c1-33-16-18-34(19-17-33)15-2-20-38-27-9-3-23(4-10-27)21-24-22-30(36)35(31(24)37)26-7-13-29(14-8-26)39-28-11-5-25(32)6-12-28/h3-14,21H,2,15-20,22H2,1H3. The molecular weight excluding hydrogens is 514 g/mol. The molecule has 2 aliphatic rings. The van der Waals surface area contributed by atoms with Crippen molar-refractivity contribution >= 4 is 35.2 Å². The Kier molecular flexibility index (Phi) is 8.61. The van der Waals surface area contributed by atoms with Crippen molar-refractivity contribution in [2.45, 2.75) is 12.8 Å². The molecule has 0 radical (unpaired) electrons. The first-order chi connectivity index (χ1) is 18.9. The Morgan fingerprint density at radius 1 is 0.821 bits per heavy atom. The molecule has 2 heterocycles. The highest BCUT2D eigenvalue weighted by molar-refractivity contribution is 6.30. The zero-order chi connectivity index (χ0) is 27.2. The first-order valence-electron chi connectivity index (χ1n) is 13.2. The Bertz CT molecular complexity index is 1320. The van der Waals surface area contributed by atoms with Crippen LogP contribution in [0.25, 0.3) is 6.08 Å². The molecule has 0 aromatic heterocycles. The predicted octanol–water partition coefficient (Wildman–Crippen LogP) is 5.50. The number of imide groups is 1. The molecule has 3 aromatic carbocycles. The summed E-state index contributed by atoms with van der Waals surface area (Å²) in [7, 11) is 2.16. The number of nitrogens with zero attached hydrogens (tertiary/aromatic N) is 3. The average Bonchev–Trinajstić information content (AvgIpc) is 3.22. The van der Waals surface area contributed by atoms with E-state index in [0.29, 0.717) is 34.4 Å². The fourth-order valence-electron chi connectivity index (χ4n) is 4.66. The van der Waals surface area contributed by atoms with Crippen molar-refractivity contribution in [2.75, 3.05) is 51.3 Å². The minimum atomic E-state index is -0.310. The number of halogens is 1. The first kappa shape index (κ1) is 26.9. The van der Waals surface area contributed by atoms with E-state index in [0.717, 1.165) is 50.5 Å². The van der Waals surface area contributed by atoms with Gasteiger partial charge in [-0.3, -0.25) is 9.59 Å². The molecule has 2 saturated heterocycles. The molecule has 8 heteroatoms. The van der Waals surface area contributed by atoms with Gasteiger partial charge in [-0.15, -0.1) is 0 Å². The van der Waals surface area contributed by atoms with Crippen molar-refractivity contribution in [1.29, 1.82) is 0 Å². The molecule has 2 fully saturated rings. The number of likely N-dealkylation sites (N-methyl/N-ethyl adjacent to an activating group) is 1. The van der Waals surface area contributed by atoms with Gasteiger partial charge in [0.05, 0.1) is 18.7 Å². The second-order valence-corrected chi connectivity index (χ2v) is 10.3. The van der Waals surface area contributed by atoms with Crippen LogP contribution in [0.1, 0.15) is 18.4 Å². The molecule has 0 N–H and O–H groups in total. The maximum Gasteiger partial charge on any atom is 0.261 e. The second kappa shape index (κ2) is 12.5. The average molecular weight is 546 g/mol. The van der Waals surface area contributed by atoms with Crippen molar-refractivity contribution in [3.05, 3.63) is 89.0 Å². The van der Waals surface area contributed by atoms with E-state index in [9.17, 15) is 9.59 Å². The highest BCUT2D eigenvalue weighted by Crippen LogP contribution is 2.30. The van der Waals surface area contributed by atoms with Gasteiger partial charge in [0.15, 0.2) is 0 Å². The van der Waals surface area contributed by atoms with E-state index in [4.69, 9.17) is 21.1 Å². The SMILES string of the molecule is CN1CCN(CCCOc2ccc(C=C3CC(=O)N(c4ccc(Oc5ccc(Cl)cc5)cc4)C3=O)cc2)CC1. The Labute approximate surface area is 234 Å². The Hall–Kier alpha value is -3.65. The summed E-state index contributed by atoms with van der Waals surface area (Å²) in [6.07, 6.45) is 2.82. The van der Waals surface area contributed by atoms with Crippen molar-refractivity contribution in [1.82, 2.24) is 9.80 Å². The molecule has 0 atom stereocenters. The van der Waals surface area contributed by atoms with Crippen LogP contribution in [0.5, 0.6) is 17.2 Å². The number of hydrogen-bond donors (Lipinski definition) is 0. The smallest absolute Gasteiger partial charge is 0.261 e. The summed E-state index contributed by atoms with van der Waals surface area (Å²) in [6, 6.07) is 21.5. The van der Waals surface area contributed by atoms with Crippen LogP contribution in [0.4, 0.5) is 5.69 Å². The highest BCUT2D eigenvalue weighted by Gasteiger charge is 2.34. The maximum absolute atomic E-state index is 13.1. The van der Waals surface area contributed by atoms with Gasteiger partial charge < -0.3 is 19.3 Å². The third-order valence-corrected chi connectivity index (χ3v) is 7.17. The van der Waals surface area contributed by atoms with E-state index in [1.807, 2.05) is 24.3 Å². The van der Waals surface area contributed by atoms with Crippen LogP contribution < -0.4 is 14.4 Å². The number of ether oxygens (including phenoxy) is 2. The van der Waals surface area contributed by atoms with E-state index >= 15 is 0 Å². The number of amides is 2. The van der Waals surface area contributed by atoms with Crippen LogP contribution >= 0.6 is 11.6 Å². The molecule has 0 spiro atoms. The van der Waals surface area contributed by atoms with Crippen molar-refractivity contribution in [2.24, 2.45) is 0 Å². The van der Waals surface area contributed by atoms with Crippen molar-refractivity contribution in [3.8, 4) is 17.2 Å². The number of carbonyl (C=O) groups excluding carboxylic acids is 2. The second-order valence-electron chi connectivity index (χ2n) is 9.85. The van der Waals surface area contributed by atoms with Gasteiger partial charge in [0, 0.05) is 43.3 Å². The van der Waals surface area contributed by atoms with Crippen LogP contribution in [0.2, 0.25) is 5.02 Å². The first-order valence-corrected chi connectivity index (χ1v) is 13.6. The van der Waals surface area contributed by atoms with E-state index in [2.05, 4.69) is 16.8 Å². The summed E-state index contributed by atoms with van der Waals surface area (Å²) < 4.78 is 11.7. The molecule has 0 aliphatic carbocycles. The predicted molar refractivity (Wildman–Crippen MR) is 154 cm³/mol. The van der Waals surface area contributed by atoms with Gasteiger partial charge >= 0.3 is 0 Å². The van der Waals surface area contributed by atoms with Crippen LogP contribution in [0.3, 0.4) is 0 Å². The Morgan fingerprint density at radius 2 is 1.44 bits per heavy atom. The fourth-order valence-corrected chi connectivity index (χ4v) is 4.79. The van der Waals surface area contributed by atoms with Gasteiger partial charge in [0.2, 0.25) is 5.91 Å². The normalized spacial score (nSPS) is 17.7. The molecule has 0 saturated carbocycles. The summed E-state index contributed by atoms with van der Waals surface area (Å²) in [5, 5.41) is 0.629. The molecule has 2 aliphatic heterocycles. The van der Waals surface area contributed by atoms with Crippen LogP contribution in [0.15, 0.2) is 78.4 Å². The minimum Gasteiger partial charge on any atom is -0.494 e. The summed E-state index contributed by atoms with van der Waals surface area (Å²) in [4.78, 5) is 31.9. The number of rotatable bonds is 9. The zero-order valence-corrected chi connectivity index (χ0v) is 22.8. The van der Waals surface area contributed by atoms with E-state index in [-0.39, 0.29) is 18.2 Å². The summed E-state index contributed by atoms with van der Waals surface area (Å²) >= 11 is 5.92. The van der Waals surface area contributed by atoms with Gasteiger partial charge in [-0.25, -0.2) is 4.90 Å². The summed E-state index contributed by atoms with van der Waals surface area (Å²) in [5.41, 5.74) is 1.82. The van der Waals surface area contributed by atoms with Crippen molar-refractivity contribution < 1.29 is 19.1 Å². The number of anilines is 1. The molecule has 3 aromatic rings. The third-order valence-electron chi connectivity index (χ3n) is 6.92. The summed E-state index contributed by atoms with van der Waals surface area (Å²) in [6.45, 7) is 6.18. The largest absolute Gasteiger partial charge is 0.494 e. The lowest BCUT2D eigenvalue weighted by Gasteiger charge is -2.32. The summed E-state index contributed by atoms with van der Waals surface area (Å²) in [5.74, 6) is 1.48. The zero-order valence-electron chi connectivity index (χ0n) is 22.0. The molecule has 39 heavy (non-hydrogen) atoms. The van der Waals surface area contributed by atoms with Crippen LogP contribution in [-0.4, -0.2) is 68.0 Å². The molecule has 0 unspecified atom stereocenters. The number of piperazine rings is 1. The van der Waals surface area contributed by atoms with Crippen molar-refractivity contribution in [3.63, 3.8) is 0 Å². The van der Waals surface area contributed by atoms with E-state index < -0.39 is 0 Å². The van der Waals surface area contributed by atoms with Gasteiger partial charge in [0.25, 0.3) is 5.91 Å². The highest BCUT2D eigenvalue weighted by atomic mass is 35.5. The molecule has 202 valence electrons. The quantitative estimate of drug-likeness (QED) is 0.201. The number of carbonyl (C=O) groups is 2. The molecule has 0 bridgehead atoms. The Balaban J connectivity index is 1.14. The fraction of sp³-hybridized carbons (Fsp3) is 0.290. The van der Waals surface area contributed by atoms with Gasteiger partial charge in [-0.1, -0.05) is 23.7 Å². The Morgan fingerprint density at radius 3 is 2.10 bits per heavy atom. The minimum absolute atomic E-state index is 0.0619. The lowest BCUT2D eigenvalue weighted by Crippen LogP contribution is -2.44. The maximum atomic E-state index is 13.1. The molecular formula is C31H32ClN3O4. The number of hydrogen-bond acceptors (Lipinski definition) is 6. The molecule has 5 rings (SSSR count). The van der Waals surface area contributed by atoms with Crippen LogP contribution in [0, 0.1) is 0 Å². The molecule has 7 nitrogen and oxygen atoms in total. The van der Waals surface area contributed by atoms with E-state index in [1.165, 1.54) is 4.90 Å². The topological polar surface area (TPSA) is 62.3 Å². The lowest BCUT2D eigenvalue weighted by atomic mass is 10.1. The lowest BCUT2D eigenvalue weighted by molar-refractivity contribution is -0.120.